The van der Waals surface area contributed by atoms with Gasteiger partial charge in [0.05, 0.1) is 12.0 Å². The number of amidine groups is 1. The van der Waals surface area contributed by atoms with E-state index in [4.69, 9.17) is 4.42 Å². The molecular weight excluding hydrogens is 488 g/mol. The van der Waals surface area contributed by atoms with Crippen molar-refractivity contribution in [3.8, 4) is 0 Å². The zero-order chi connectivity index (χ0) is 26.2. The molecule has 1 N–H and O–H groups in total. The third kappa shape index (κ3) is 5.41. The first-order valence-corrected chi connectivity index (χ1v) is 11.7. The number of aliphatic imine (C=N–C) groups is 1. The molecule has 2 bridgehead atoms. The molecule has 3 aliphatic carbocycles. The first-order valence-electron chi connectivity index (χ1n) is 11.7. The molecule has 2 aromatic rings. The van der Waals surface area contributed by atoms with E-state index in [1.165, 1.54) is 32.2 Å². The van der Waals surface area contributed by atoms with Gasteiger partial charge in [0.1, 0.15) is 5.84 Å². The van der Waals surface area contributed by atoms with E-state index in [0.29, 0.717) is 25.2 Å². The molecule has 3 fully saturated rings. The molecule has 1 heterocycles. The first-order chi connectivity index (χ1) is 16.9. The van der Waals surface area contributed by atoms with Gasteiger partial charge in [-0.05, 0) is 44.6 Å². The number of hydrogen-bond donors (Lipinski definition) is 1. The van der Waals surface area contributed by atoms with Gasteiger partial charge in [-0.15, -0.1) is 10.2 Å². The molecule has 0 amide bonds. The van der Waals surface area contributed by atoms with Crippen LogP contribution in [0.4, 0.5) is 26.3 Å². The maximum absolute atomic E-state index is 13.4. The van der Waals surface area contributed by atoms with E-state index in [9.17, 15) is 26.3 Å². The second kappa shape index (κ2) is 9.51. The quantitative estimate of drug-likeness (QED) is 0.209. The molecule has 0 spiro atoms. The molecule has 0 saturated heterocycles. The number of hydrogen-bond acceptors (Lipinski definition) is 5. The number of alkyl halides is 6. The number of nitrogens with one attached hydrogen (secondary N) is 1. The second-order valence-corrected chi connectivity index (χ2v) is 9.79. The lowest BCUT2D eigenvalue weighted by Gasteiger charge is -2.50. The Morgan fingerprint density at radius 3 is 2.28 bits per heavy atom. The van der Waals surface area contributed by atoms with E-state index in [1.54, 1.807) is 6.21 Å². The minimum absolute atomic E-state index is 0.00427. The van der Waals surface area contributed by atoms with Crippen LogP contribution in [-0.2, 0) is 11.6 Å². The van der Waals surface area contributed by atoms with Gasteiger partial charge in [-0.1, -0.05) is 25.1 Å². The summed E-state index contributed by atoms with van der Waals surface area (Å²) in [5, 5.41) is 12.2. The Labute approximate surface area is 204 Å². The average Bonchev–Trinajstić information content (AvgIpc) is 3.33. The van der Waals surface area contributed by atoms with E-state index < -0.39 is 30.3 Å². The van der Waals surface area contributed by atoms with Crippen LogP contribution < -0.4 is 5.43 Å². The predicted octanol–water partition coefficient (Wildman–Crippen LogP) is 6.39. The first kappa shape index (κ1) is 26.2. The van der Waals surface area contributed by atoms with Gasteiger partial charge < -0.3 is 4.42 Å². The Morgan fingerprint density at radius 1 is 1.06 bits per heavy atom. The van der Waals surface area contributed by atoms with Crippen molar-refractivity contribution in [1.82, 2.24) is 15.6 Å². The van der Waals surface area contributed by atoms with Crippen LogP contribution in [0.5, 0.6) is 0 Å². The molecule has 1 aromatic carbocycles. The molecule has 0 aliphatic heterocycles. The summed E-state index contributed by atoms with van der Waals surface area (Å²) < 4.78 is 84.0. The molecule has 3 saturated carbocycles. The topological polar surface area (TPSA) is 75.7 Å². The summed E-state index contributed by atoms with van der Waals surface area (Å²) >= 11 is 0. The van der Waals surface area contributed by atoms with Crippen molar-refractivity contribution in [2.75, 3.05) is 7.05 Å². The fourth-order valence-corrected chi connectivity index (χ4v) is 5.21. The van der Waals surface area contributed by atoms with Crippen molar-refractivity contribution in [3.05, 3.63) is 47.2 Å². The normalized spacial score (nSPS) is 25.9. The Morgan fingerprint density at radius 2 is 1.69 bits per heavy atom. The van der Waals surface area contributed by atoms with E-state index in [-0.39, 0.29) is 28.1 Å². The summed E-state index contributed by atoms with van der Waals surface area (Å²) in [5.41, 5.74) is 1.21. The number of halogens is 6. The molecule has 5 rings (SSSR count). The van der Waals surface area contributed by atoms with Crippen molar-refractivity contribution >= 4 is 12.1 Å². The maximum Gasteiger partial charge on any atom is 0.417 e. The zero-order valence-electron chi connectivity index (χ0n) is 19.9. The van der Waals surface area contributed by atoms with Crippen molar-refractivity contribution in [3.63, 3.8) is 0 Å². The Kier molecular flexibility index (Phi) is 6.91. The summed E-state index contributed by atoms with van der Waals surface area (Å²) in [7, 11) is 1.40. The SMILES string of the molecule is CN=C(N/N=C/C12CCC(c3nnc(C(C)CC(F)(F)F)o3)(CC1)CC2)c1ccccc1C(F)(F)F. The van der Waals surface area contributed by atoms with Gasteiger partial charge >= 0.3 is 12.4 Å². The number of fused-ring (bicyclic) bond motifs is 3. The van der Waals surface area contributed by atoms with Crippen LogP contribution in [0.15, 0.2) is 38.8 Å². The molecule has 3 aliphatic rings. The average molecular weight is 516 g/mol. The number of hydrazone groups is 1. The van der Waals surface area contributed by atoms with Gasteiger partial charge in [-0.2, -0.15) is 31.4 Å². The minimum Gasteiger partial charge on any atom is -0.424 e. The number of aromatic nitrogens is 2. The third-order valence-electron chi connectivity index (χ3n) is 7.38. The van der Waals surface area contributed by atoms with Crippen molar-refractivity contribution in [2.24, 2.45) is 15.5 Å². The predicted molar refractivity (Wildman–Crippen MR) is 121 cm³/mol. The molecule has 12 heteroatoms. The lowest BCUT2D eigenvalue weighted by molar-refractivity contribution is -0.139. The summed E-state index contributed by atoms with van der Waals surface area (Å²) in [5.74, 6) is -0.513. The third-order valence-corrected chi connectivity index (χ3v) is 7.38. The van der Waals surface area contributed by atoms with Crippen LogP contribution in [0, 0.1) is 5.41 Å². The molecule has 1 atom stereocenters. The molecule has 1 unspecified atom stereocenters. The highest BCUT2D eigenvalue weighted by molar-refractivity contribution is 6.00. The molecular formula is C24H27F6N5O. The highest BCUT2D eigenvalue weighted by Gasteiger charge is 2.51. The van der Waals surface area contributed by atoms with Crippen molar-refractivity contribution in [1.29, 1.82) is 0 Å². The van der Waals surface area contributed by atoms with Gasteiger partial charge in [0.2, 0.25) is 11.8 Å². The van der Waals surface area contributed by atoms with Crippen molar-refractivity contribution < 1.29 is 30.8 Å². The molecule has 196 valence electrons. The molecule has 6 nitrogen and oxygen atoms in total. The Hall–Kier alpha value is -2.92. The van der Waals surface area contributed by atoms with Crippen LogP contribution >= 0.6 is 0 Å². The number of nitrogens with zero attached hydrogens (tertiary/aromatic N) is 4. The standard InChI is InChI=1S/C24H27F6N5O/c1-15(13-23(25,26)27)19-34-35-20(36-19)22-10-7-21(8-11-22,9-12-22)14-32-33-18(31-2)16-5-3-4-6-17(16)24(28,29)30/h3-6,14-15H,7-13H2,1-2H3,(H,31,33)/b32-14+. The van der Waals surface area contributed by atoms with E-state index in [0.717, 1.165) is 25.3 Å². The van der Waals surface area contributed by atoms with Gasteiger partial charge in [0.15, 0.2) is 0 Å². The Bertz CT molecular complexity index is 1110. The summed E-state index contributed by atoms with van der Waals surface area (Å²) in [6.45, 7) is 1.42. The van der Waals surface area contributed by atoms with Crippen molar-refractivity contribution in [2.45, 2.75) is 75.6 Å². The summed E-state index contributed by atoms with van der Waals surface area (Å²) in [4.78, 5) is 3.96. The highest BCUT2D eigenvalue weighted by atomic mass is 19.4. The summed E-state index contributed by atoms with van der Waals surface area (Å²) in [6.07, 6.45) is -3.76. The van der Waals surface area contributed by atoms with E-state index in [1.807, 2.05) is 0 Å². The van der Waals surface area contributed by atoms with Gasteiger partial charge in [-0.3, -0.25) is 10.4 Å². The lowest BCUT2D eigenvalue weighted by atomic mass is 9.54. The number of rotatable bonds is 6. The summed E-state index contributed by atoms with van der Waals surface area (Å²) in [6, 6.07) is 5.17. The van der Waals surface area contributed by atoms with Gasteiger partial charge in [0.25, 0.3) is 0 Å². The van der Waals surface area contributed by atoms with E-state index in [2.05, 4.69) is 25.7 Å². The number of benzene rings is 1. The van der Waals surface area contributed by atoms with Crippen LogP contribution in [0.3, 0.4) is 0 Å². The van der Waals surface area contributed by atoms with E-state index >= 15 is 0 Å². The fourth-order valence-electron chi connectivity index (χ4n) is 5.21. The highest BCUT2D eigenvalue weighted by Crippen LogP contribution is 2.56. The fraction of sp³-hybridized carbons (Fsp3) is 0.583. The van der Waals surface area contributed by atoms with Gasteiger partial charge in [-0.25, -0.2) is 0 Å². The molecule has 1 aromatic heterocycles. The van der Waals surface area contributed by atoms with Crippen LogP contribution in [0.25, 0.3) is 0 Å². The zero-order valence-corrected chi connectivity index (χ0v) is 19.9. The van der Waals surface area contributed by atoms with Crippen LogP contribution in [-0.4, -0.2) is 35.5 Å². The van der Waals surface area contributed by atoms with Crippen LogP contribution in [0.1, 0.15) is 80.7 Å². The Balaban J connectivity index is 1.42. The minimum atomic E-state index is -4.52. The molecule has 0 radical (unpaired) electrons. The smallest absolute Gasteiger partial charge is 0.417 e. The molecule has 36 heavy (non-hydrogen) atoms. The maximum atomic E-state index is 13.4. The second-order valence-electron chi connectivity index (χ2n) is 9.79. The monoisotopic (exact) mass is 515 g/mol. The lowest BCUT2D eigenvalue weighted by Crippen LogP contribution is -2.45. The largest absolute Gasteiger partial charge is 0.424 e. The van der Waals surface area contributed by atoms with Gasteiger partial charge in [0, 0.05) is 35.6 Å². The van der Waals surface area contributed by atoms with Crippen LogP contribution in [0.2, 0.25) is 0 Å².